The molecular formula is C23H21Cl2FN6S. The van der Waals surface area contributed by atoms with Crippen molar-refractivity contribution in [2.75, 3.05) is 10.6 Å². The minimum absolute atomic E-state index is 0.260. The van der Waals surface area contributed by atoms with Crippen LogP contribution < -0.4 is 10.6 Å². The summed E-state index contributed by atoms with van der Waals surface area (Å²) in [4.78, 5) is 0. The predicted octanol–water partition coefficient (Wildman–Crippen LogP) is 6.05. The number of halogens is 3. The summed E-state index contributed by atoms with van der Waals surface area (Å²) < 4.78 is 16.8. The normalized spacial score (nSPS) is 10.9. The van der Waals surface area contributed by atoms with Crippen molar-refractivity contribution in [3.63, 3.8) is 0 Å². The Hall–Kier alpha value is -2.94. The fraction of sp³-hybridized carbons (Fsp3) is 0.174. The van der Waals surface area contributed by atoms with E-state index in [-0.39, 0.29) is 5.82 Å². The first-order chi connectivity index (χ1) is 15.8. The zero-order valence-corrected chi connectivity index (χ0v) is 20.3. The third-order valence-electron chi connectivity index (χ3n) is 5.14. The lowest BCUT2D eigenvalue weighted by atomic mass is 10.2. The highest BCUT2D eigenvalue weighted by Crippen LogP contribution is 2.25. The van der Waals surface area contributed by atoms with Gasteiger partial charge in [0.15, 0.2) is 5.11 Å². The van der Waals surface area contributed by atoms with Gasteiger partial charge in [0, 0.05) is 21.8 Å². The van der Waals surface area contributed by atoms with E-state index in [1.165, 1.54) is 12.1 Å². The average Bonchev–Trinajstić information content (AvgIpc) is 3.31. The Morgan fingerprint density at radius 3 is 2.42 bits per heavy atom. The molecule has 0 saturated carbocycles. The second-order valence-corrected chi connectivity index (χ2v) is 8.76. The van der Waals surface area contributed by atoms with Crippen molar-refractivity contribution >= 4 is 51.9 Å². The van der Waals surface area contributed by atoms with Crippen LogP contribution in [0.25, 0.3) is 0 Å². The molecule has 0 fully saturated rings. The number of nitrogens with one attached hydrogen (secondary N) is 2. The summed E-state index contributed by atoms with van der Waals surface area (Å²) >= 11 is 18.0. The van der Waals surface area contributed by atoms with E-state index in [1.54, 1.807) is 41.2 Å². The van der Waals surface area contributed by atoms with Crippen LogP contribution in [0, 0.1) is 19.7 Å². The summed E-state index contributed by atoms with van der Waals surface area (Å²) in [5.74, 6) is -0.260. The maximum Gasteiger partial charge on any atom is 0.175 e. The highest BCUT2D eigenvalue weighted by Gasteiger charge is 2.14. The van der Waals surface area contributed by atoms with Gasteiger partial charge in [0.1, 0.15) is 5.82 Å². The molecule has 2 aromatic carbocycles. The molecule has 4 rings (SSSR count). The number of thiocarbonyl (C=S) groups is 1. The van der Waals surface area contributed by atoms with Crippen LogP contribution in [0.2, 0.25) is 10.0 Å². The summed E-state index contributed by atoms with van der Waals surface area (Å²) in [6.45, 7) is 4.84. The lowest BCUT2D eigenvalue weighted by Crippen LogP contribution is -2.19. The molecule has 0 atom stereocenters. The van der Waals surface area contributed by atoms with E-state index in [2.05, 4.69) is 20.8 Å². The van der Waals surface area contributed by atoms with Crippen molar-refractivity contribution in [2.24, 2.45) is 0 Å². The van der Waals surface area contributed by atoms with Gasteiger partial charge in [-0.3, -0.25) is 9.36 Å². The van der Waals surface area contributed by atoms with Gasteiger partial charge in [-0.15, -0.1) is 0 Å². The van der Waals surface area contributed by atoms with Crippen LogP contribution in [0.5, 0.6) is 0 Å². The number of benzene rings is 2. The van der Waals surface area contributed by atoms with Gasteiger partial charge in [0.05, 0.1) is 42.0 Å². The highest BCUT2D eigenvalue weighted by molar-refractivity contribution is 7.80. The van der Waals surface area contributed by atoms with Gasteiger partial charge in [-0.1, -0.05) is 41.4 Å². The van der Waals surface area contributed by atoms with Crippen molar-refractivity contribution < 1.29 is 4.39 Å². The first kappa shape index (κ1) is 23.2. The molecule has 6 nitrogen and oxygen atoms in total. The molecule has 10 heteroatoms. The largest absolute Gasteiger partial charge is 0.330 e. The van der Waals surface area contributed by atoms with Gasteiger partial charge in [-0.25, -0.2) is 4.39 Å². The molecule has 0 saturated heterocycles. The third kappa shape index (κ3) is 5.52. The number of rotatable bonds is 6. The Morgan fingerprint density at radius 1 is 1.03 bits per heavy atom. The SMILES string of the molecule is Cc1nn(Cc2ccc(F)cc2)c(C)c1NC(=S)Nc1cnn(Cc2c(Cl)cccc2Cl)c1. The molecule has 0 spiro atoms. The quantitative estimate of drug-likeness (QED) is 0.314. The van der Waals surface area contributed by atoms with Gasteiger partial charge in [-0.2, -0.15) is 10.2 Å². The molecule has 2 N–H and O–H groups in total. The molecule has 33 heavy (non-hydrogen) atoms. The Balaban J connectivity index is 1.41. The van der Waals surface area contributed by atoms with Crippen molar-refractivity contribution in [3.05, 3.63) is 93.2 Å². The molecule has 0 bridgehead atoms. The van der Waals surface area contributed by atoms with E-state index in [1.807, 2.05) is 24.7 Å². The third-order valence-corrected chi connectivity index (χ3v) is 6.05. The van der Waals surface area contributed by atoms with Crippen LogP contribution in [0.4, 0.5) is 15.8 Å². The number of aromatic nitrogens is 4. The summed E-state index contributed by atoms with van der Waals surface area (Å²) in [5.41, 5.74) is 5.04. The summed E-state index contributed by atoms with van der Waals surface area (Å²) in [7, 11) is 0. The molecule has 2 heterocycles. The fourth-order valence-corrected chi connectivity index (χ4v) is 4.17. The van der Waals surface area contributed by atoms with Crippen molar-refractivity contribution in [2.45, 2.75) is 26.9 Å². The minimum Gasteiger partial charge on any atom is -0.330 e. The van der Waals surface area contributed by atoms with Crippen LogP contribution in [-0.4, -0.2) is 24.7 Å². The summed E-state index contributed by atoms with van der Waals surface area (Å²) in [6, 6.07) is 11.8. The van der Waals surface area contributed by atoms with E-state index in [9.17, 15) is 4.39 Å². The van der Waals surface area contributed by atoms with Crippen LogP contribution >= 0.6 is 35.4 Å². The molecule has 0 aliphatic carbocycles. The monoisotopic (exact) mass is 502 g/mol. The number of hydrogen-bond acceptors (Lipinski definition) is 3. The van der Waals surface area contributed by atoms with Crippen LogP contribution in [0.3, 0.4) is 0 Å². The molecule has 0 radical (unpaired) electrons. The molecule has 0 unspecified atom stereocenters. The van der Waals surface area contributed by atoms with Gasteiger partial charge >= 0.3 is 0 Å². The smallest absolute Gasteiger partial charge is 0.175 e. The fourth-order valence-electron chi connectivity index (χ4n) is 3.43. The van der Waals surface area contributed by atoms with Crippen LogP contribution in [0.15, 0.2) is 54.9 Å². The lowest BCUT2D eigenvalue weighted by molar-refractivity contribution is 0.622. The Labute approximate surface area is 206 Å². The minimum atomic E-state index is -0.260. The van der Waals surface area contributed by atoms with Gasteiger partial charge in [-0.05, 0) is 55.9 Å². The van der Waals surface area contributed by atoms with Gasteiger partial charge in [0.25, 0.3) is 0 Å². The summed E-state index contributed by atoms with van der Waals surface area (Å²) in [6.07, 6.45) is 3.50. The first-order valence-electron chi connectivity index (χ1n) is 10.1. The number of hydrogen-bond donors (Lipinski definition) is 2. The second kappa shape index (κ2) is 9.91. The van der Waals surface area contributed by atoms with E-state index in [0.717, 1.165) is 33.9 Å². The van der Waals surface area contributed by atoms with Crippen molar-refractivity contribution in [1.82, 2.24) is 19.6 Å². The summed E-state index contributed by atoms with van der Waals surface area (Å²) in [5, 5.41) is 16.9. The second-order valence-electron chi connectivity index (χ2n) is 7.54. The lowest BCUT2D eigenvalue weighted by Gasteiger charge is -2.10. The number of aryl methyl sites for hydroxylation is 1. The maximum atomic E-state index is 13.2. The predicted molar refractivity (Wildman–Crippen MR) is 135 cm³/mol. The van der Waals surface area contributed by atoms with E-state index >= 15 is 0 Å². The maximum absolute atomic E-state index is 13.2. The zero-order chi connectivity index (χ0) is 23.5. The molecular weight excluding hydrogens is 482 g/mol. The van der Waals surface area contributed by atoms with Gasteiger partial charge < -0.3 is 10.6 Å². The molecule has 0 amide bonds. The topological polar surface area (TPSA) is 59.7 Å². The highest BCUT2D eigenvalue weighted by atomic mass is 35.5. The number of nitrogens with zero attached hydrogens (tertiary/aromatic N) is 4. The Morgan fingerprint density at radius 2 is 1.73 bits per heavy atom. The standard InChI is InChI=1S/C23H21Cl2FN6S/c1-14-22(15(2)32(30-14)11-16-6-8-17(26)9-7-16)29-23(33)28-18-10-27-31(12-18)13-19-20(24)4-3-5-21(19)25/h3-10,12H,11,13H2,1-2H3,(H2,28,29,33). The number of anilines is 2. The molecule has 0 aliphatic heterocycles. The molecule has 170 valence electrons. The van der Waals surface area contributed by atoms with E-state index < -0.39 is 0 Å². The molecule has 2 aromatic heterocycles. The Kier molecular flexibility index (Phi) is 6.97. The van der Waals surface area contributed by atoms with Crippen molar-refractivity contribution in [1.29, 1.82) is 0 Å². The van der Waals surface area contributed by atoms with Crippen LogP contribution in [0.1, 0.15) is 22.5 Å². The molecule has 4 aromatic rings. The zero-order valence-electron chi connectivity index (χ0n) is 17.9. The molecule has 0 aliphatic rings. The average molecular weight is 503 g/mol. The first-order valence-corrected chi connectivity index (χ1v) is 11.3. The Bertz CT molecular complexity index is 1280. The van der Waals surface area contributed by atoms with Crippen LogP contribution in [-0.2, 0) is 13.1 Å². The van der Waals surface area contributed by atoms with E-state index in [0.29, 0.717) is 28.2 Å². The van der Waals surface area contributed by atoms with Crippen molar-refractivity contribution in [3.8, 4) is 0 Å². The van der Waals surface area contributed by atoms with Gasteiger partial charge in [0.2, 0.25) is 0 Å². The van der Waals surface area contributed by atoms with E-state index in [4.69, 9.17) is 35.4 Å².